The summed E-state index contributed by atoms with van der Waals surface area (Å²) in [6.07, 6.45) is 2.21. The van der Waals surface area contributed by atoms with Gasteiger partial charge < -0.3 is 13.6 Å². The zero-order valence-electron chi connectivity index (χ0n) is 16.4. The molecule has 3 aromatic rings. The second-order valence-electron chi connectivity index (χ2n) is 6.94. The number of nitriles is 1. The molecule has 1 saturated heterocycles. The minimum atomic E-state index is 0.701. The van der Waals surface area contributed by atoms with Crippen molar-refractivity contribution in [3.05, 3.63) is 48.0 Å². The zero-order valence-corrected chi connectivity index (χ0v) is 17.3. The molecule has 0 bridgehead atoms. The van der Waals surface area contributed by atoms with E-state index in [0.29, 0.717) is 6.61 Å². The number of ether oxygens (including phenoxy) is 1. The number of aryl methyl sites for hydroxylation is 1. The molecule has 0 amide bonds. The van der Waals surface area contributed by atoms with Crippen LogP contribution in [0.15, 0.2) is 42.5 Å². The fourth-order valence-corrected chi connectivity index (χ4v) is 4.82. The summed E-state index contributed by atoms with van der Waals surface area (Å²) in [5.74, 6) is 2.05. The van der Waals surface area contributed by atoms with Crippen LogP contribution in [0.5, 0.6) is 5.75 Å². The molecule has 0 atom stereocenters. The first kappa shape index (κ1) is 18.8. The minimum Gasteiger partial charge on any atom is -0.494 e. The van der Waals surface area contributed by atoms with Gasteiger partial charge in [0.25, 0.3) is 0 Å². The van der Waals surface area contributed by atoms with E-state index in [9.17, 15) is 5.26 Å². The Hall–Kier alpha value is -2.58. The summed E-state index contributed by atoms with van der Waals surface area (Å²) < 4.78 is 10.4. The van der Waals surface area contributed by atoms with Crippen LogP contribution in [0.1, 0.15) is 32.3 Å². The van der Waals surface area contributed by atoms with Crippen molar-refractivity contribution in [3.8, 4) is 23.1 Å². The molecular formula is C23H25N3OS. The number of benzene rings is 2. The predicted molar refractivity (Wildman–Crippen MR) is 118 cm³/mol. The maximum absolute atomic E-state index is 9.92. The highest BCUT2D eigenvalue weighted by molar-refractivity contribution is 8.00. The molecule has 1 aliphatic heterocycles. The highest BCUT2D eigenvalue weighted by Gasteiger charge is 2.19. The van der Waals surface area contributed by atoms with Crippen molar-refractivity contribution in [2.24, 2.45) is 0 Å². The van der Waals surface area contributed by atoms with Gasteiger partial charge >= 0.3 is 0 Å². The van der Waals surface area contributed by atoms with Gasteiger partial charge in [-0.25, -0.2) is 0 Å². The molecule has 2 heterocycles. The largest absolute Gasteiger partial charge is 0.494 e. The summed E-state index contributed by atoms with van der Waals surface area (Å²) in [4.78, 5) is 0. The Morgan fingerprint density at radius 2 is 1.96 bits per heavy atom. The van der Waals surface area contributed by atoms with Gasteiger partial charge in [0.2, 0.25) is 0 Å². The first-order valence-corrected chi connectivity index (χ1v) is 10.9. The molecule has 28 heavy (non-hydrogen) atoms. The number of hydrogen-bond acceptors (Lipinski definition) is 4. The van der Waals surface area contributed by atoms with Crippen LogP contribution in [-0.2, 0) is 6.54 Å². The van der Waals surface area contributed by atoms with E-state index in [-0.39, 0.29) is 0 Å². The van der Waals surface area contributed by atoms with Gasteiger partial charge in [-0.1, -0.05) is 19.1 Å². The number of anilines is 1. The van der Waals surface area contributed by atoms with Crippen LogP contribution in [0.3, 0.4) is 0 Å². The van der Waals surface area contributed by atoms with Gasteiger partial charge in [-0.3, -0.25) is 0 Å². The van der Waals surface area contributed by atoms with Crippen LogP contribution in [-0.4, -0.2) is 23.5 Å². The van der Waals surface area contributed by atoms with E-state index in [2.05, 4.69) is 59.1 Å². The normalized spacial score (nSPS) is 13.8. The third kappa shape index (κ3) is 3.33. The molecule has 144 valence electrons. The monoisotopic (exact) mass is 391 g/mol. The van der Waals surface area contributed by atoms with Crippen LogP contribution in [0.25, 0.3) is 22.2 Å². The van der Waals surface area contributed by atoms with Crippen LogP contribution in [0.2, 0.25) is 0 Å². The summed E-state index contributed by atoms with van der Waals surface area (Å²) in [6, 6.07) is 17.1. The van der Waals surface area contributed by atoms with Crippen molar-refractivity contribution in [2.45, 2.75) is 33.2 Å². The van der Waals surface area contributed by atoms with Crippen molar-refractivity contribution in [2.75, 3.05) is 23.2 Å². The summed E-state index contributed by atoms with van der Waals surface area (Å²) in [6.45, 7) is 6.83. The molecule has 0 aliphatic carbocycles. The molecule has 0 saturated carbocycles. The van der Waals surface area contributed by atoms with Gasteiger partial charge in [0.1, 0.15) is 11.8 Å². The van der Waals surface area contributed by atoms with E-state index < -0.39 is 0 Å². The van der Waals surface area contributed by atoms with Gasteiger partial charge in [0, 0.05) is 36.0 Å². The number of hydrogen-bond donors (Lipinski definition) is 0. The quantitative estimate of drug-likeness (QED) is 0.495. The van der Waals surface area contributed by atoms with E-state index in [4.69, 9.17) is 4.74 Å². The van der Waals surface area contributed by atoms with Crippen molar-refractivity contribution in [1.29, 1.82) is 5.26 Å². The molecule has 4 nitrogen and oxygen atoms in total. The van der Waals surface area contributed by atoms with Gasteiger partial charge in [0.15, 0.2) is 0 Å². The molecule has 5 heteroatoms. The Morgan fingerprint density at radius 3 is 2.61 bits per heavy atom. The van der Waals surface area contributed by atoms with Crippen molar-refractivity contribution >= 4 is 28.5 Å². The average Bonchev–Trinajstić information content (AvgIpc) is 3.38. The van der Waals surface area contributed by atoms with Crippen LogP contribution < -0.4 is 9.04 Å². The van der Waals surface area contributed by atoms with E-state index in [1.54, 1.807) is 0 Å². The lowest BCUT2D eigenvalue weighted by Gasteiger charge is -2.16. The van der Waals surface area contributed by atoms with Crippen LogP contribution in [0, 0.1) is 11.3 Å². The number of rotatable bonds is 6. The Kier molecular flexibility index (Phi) is 5.50. The molecule has 1 fully saturated rings. The molecule has 4 rings (SSSR count). The van der Waals surface area contributed by atoms with Gasteiger partial charge in [0.05, 0.1) is 23.4 Å². The number of aromatic nitrogens is 1. The lowest BCUT2D eigenvalue weighted by Crippen LogP contribution is -2.08. The third-order valence-electron chi connectivity index (χ3n) is 5.12. The Morgan fingerprint density at radius 1 is 1.14 bits per heavy atom. The van der Waals surface area contributed by atoms with Crippen molar-refractivity contribution < 1.29 is 4.74 Å². The van der Waals surface area contributed by atoms with Crippen LogP contribution in [0.4, 0.5) is 5.69 Å². The summed E-state index contributed by atoms with van der Waals surface area (Å²) in [5, 5.41) is 10.9. The van der Waals surface area contributed by atoms with Crippen LogP contribution >= 0.6 is 11.9 Å². The SMILES string of the molecule is CCCOc1ccc2c(C#N)c(-c3ccc(N4CCCS4)cc3)n(CC)c2c1. The second kappa shape index (κ2) is 8.20. The lowest BCUT2D eigenvalue weighted by molar-refractivity contribution is 0.318. The molecule has 1 aliphatic rings. The van der Waals surface area contributed by atoms with Gasteiger partial charge in [-0.15, -0.1) is 0 Å². The second-order valence-corrected chi connectivity index (χ2v) is 8.05. The summed E-state index contributed by atoms with van der Waals surface area (Å²) in [5.41, 5.74) is 5.11. The molecule has 0 spiro atoms. The van der Waals surface area contributed by atoms with Crippen molar-refractivity contribution in [1.82, 2.24) is 4.57 Å². The van der Waals surface area contributed by atoms with E-state index >= 15 is 0 Å². The maximum Gasteiger partial charge on any atom is 0.121 e. The Balaban J connectivity index is 1.80. The molecular weight excluding hydrogens is 366 g/mol. The molecule has 0 N–H and O–H groups in total. The fourth-order valence-electron chi connectivity index (χ4n) is 3.82. The standard InChI is InChI=1S/C23H25N3OS/c1-3-13-27-19-10-11-20-21(16-24)23(25(4-2)22(20)15-19)17-6-8-18(9-7-17)26-12-5-14-28-26/h6-11,15H,3-5,12-14H2,1-2H3. The molecule has 1 aromatic heterocycles. The molecule has 2 aromatic carbocycles. The Labute approximate surface area is 170 Å². The number of fused-ring (bicyclic) bond motifs is 1. The van der Waals surface area contributed by atoms with E-state index in [1.807, 2.05) is 24.1 Å². The Bertz CT molecular complexity index is 1010. The average molecular weight is 392 g/mol. The highest BCUT2D eigenvalue weighted by atomic mass is 32.2. The molecule has 0 radical (unpaired) electrons. The zero-order chi connectivity index (χ0) is 19.5. The first-order chi connectivity index (χ1) is 13.8. The first-order valence-electron chi connectivity index (χ1n) is 9.96. The van der Waals surface area contributed by atoms with E-state index in [0.717, 1.165) is 53.0 Å². The predicted octanol–water partition coefficient (Wildman–Crippen LogP) is 5.85. The van der Waals surface area contributed by atoms with Gasteiger partial charge in [-0.05, 0) is 61.5 Å². The highest BCUT2D eigenvalue weighted by Crippen LogP contribution is 2.37. The van der Waals surface area contributed by atoms with E-state index in [1.165, 1.54) is 17.9 Å². The lowest BCUT2D eigenvalue weighted by atomic mass is 10.1. The fraction of sp³-hybridized carbons (Fsp3) is 0.348. The maximum atomic E-state index is 9.92. The summed E-state index contributed by atoms with van der Waals surface area (Å²) >= 11 is 1.89. The molecule has 0 unspecified atom stereocenters. The topological polar surface area (TPSA) is 41.2 Å². The minimum absolute atomic E-state index is 0.701. The third-order valence-corrected chi connectivity index (χ3v) is 6.29. The van der Waals surface area contributed by atoms with Crippen molar-refractivity contribution in [3.63, 3.8) is 0 Å². The van der Waals surface area contributed by atoms with Gasteiger partial charge in [-0.2, -0.15) is 5.26 Å². The number of nitrogens with zero attached hydrogens (tertiary/aromatic N) is 3. The summed E-state index contributed by atoms with van der Waals surface area (Å²) in [7, 11) is 0. The smallest absolute Gasteiger partial charge is 0.121 e.